The molecule has 3 heteroatoms. The van der Waals surface area contributed by atoms with E-state index in [4.69, 9.17) is 0 Å². The van der Waals surface area contributed by atoms with Crippen LogP contribution in [0.3, 0.4) is 0 Å². The van der Waals surface area contributed by atoms with Crippen LogP contribution in [0.5, 0.6) is 0 Å². The molecule has 1 aliphatic rings. The predicted octanol–water partition coefficient (Wildman–Crippen LogP) is 4.27. The molecule has 0 heterocycles. The van der Waals surface area contributed by atoms with Gasteiger partial charge in [-0.1, -0.05) is 32.3 Å². The molecule has 2 rings (SSSR count). The van der Waals surface area contributed by atoms with Crippen molar-refractivity contribution in [2.45, 2.75) is 45.6 Å². The van der Waals surface area contributed by atoms with Gasteiger partial charge < -0.3 is 5.32 Å². The second kappa shape index (κ2) is 6.99. The summed E-state index contributed by atoms with van der Waals surface area (Å²) in [6.45, 7) is 3.72. The van der Waals surface area contributed by atoms with Gasteiger partial charge in [0.25, 0.3) is 0 Å². The maximum absolute atomic E-state index is 13.4. The zero-order valence-corrected chi connectivity index (χ0v) is 11.6. The van der Waals surface area contributed by atoms with Crippen molar-refractivity contribution in [3.05, 3.63) is 35.4 Å². The first-order valence-electron chi connectivity index (χ1n) is 7.30. The lowest BCUT2D eigenvalue weighted by atomic mass is 9.81. The number of hydrogen-bond donors (Lipinski definition) is 1. The Labute approximate surface area is 114 Å². The minimum atomic E-state index is -0.516. The largest absolute Gasteiger partial charge is 0.313 e. The maximum Gasteiger partial charge on any atom is 0.130 e. The van der Waals surface area contributed by atoms with Crippen molar-refractivity contribution in [1.29, 1.82) is 0 Å². The molecule has 0 saturated heterocycles. The number of halogens is 2. The van der Waals surface area contributed by atoms with Gasteiger partial charge in [-0.15, -0.1) is 0 Å². The molecular formula is C16H23F2N. The van der Waals surface area contributed by atoms with Gasteiger partial charge in [0, 0.05) is 18.2 Å². The van der Waals surface area contributed by atoms with Crippen molar-refractivity contribution in [2.24, 2.45) is 11.8 Å². The first-order chi connectivity index (χ1) is 9.15. The summed E-state index contributed by atoms with van der Waals surface area (Å²) >= 11 is 0. The van der Waals surface area contributed by atoms with Crippen LogP contribution in [-0.4, -0.2) is 6.54 Å². The third-order valence-electron chi connectivity index (χ3n) is 4.10. The van der Waals surface area contributed by atoms with Gasteiger partial charge in [-0.3, -0.25) is 0 Å². The fourth-order valence-corrected chi connectivity index (χ4v) is 3.02. The molecule has 106 valence electrons. The standard InChI is InChI=1S/C16H23F2N/c1-12-3-2-4-13(9-12)7-8-19-11-14-5-6-15(17)10-16(14)18/h5-6,10,12-13,19H,2-4,7-9,11H2,1H3. The van der Waals surface area contributed by atoms with Crippen LogP contribution in [0.2, 0.25) is 0 Å². The van der Waals surface area contributed by atoms with Crippen LogP contribution in [0.15, 0.2) is 18.2 Å². The maximum atomic E-state index is 13.4. The topological polar surface area (TPSA) is 12.0 Å². The third-order valence-corrected chi connectivity index (χ3v) is 4.10. The molecule has 1 saturated carbocycles. The molecule has 0 aromatic heterocycles. The lowest BCUT2D eigenvalue weighted by Gasteiger charge is -2.26. The van der Waals surface area contributed by atoms with Crippen molar-refractivity contribution in [3.8, 4) is 0 Å². The van der Waals surface area contributed by atoms with Gasteiger partial charge in [-0.2, -0.15) is 0 Å². The lowest BCUT2D eigenvalue weighted by Crippen LogP contribution is -2.21. The average molecular weight is 267 g/mol. The van der Waals surface area contributed by atoms with E-state index in [0.717, 1.165) is 30.9 Å². The molecule has 19 heavy (non-hydrogen) atoms. The first kappa shape index (κ1) is 14.4. The Kier molecular flexibility index (Phi) is 5.32. The van der Waals surface area contributed by atoms with E-state index in [9.17, 15) is 8.78 Å². The molecule has 2 atom stereocenters. The van der Waals surface area contributed by atoms with Gasteiger partial charge in [0.15, 0.2) is 0 Å². The summed E-state index contributed by atoms with van der Waals surface area (Å²) in [4.78, 5) is 0. The predicted molar refractivity (Wildman–Crippen MR) is 73.8 cm³/mol. The molecule has 0 bridgehead atoms. The second-order valence-corrected chi connectivity index (χ2v) is 5.84. The van der Waals surface area contributed by atoms with Crippen LogP contribution in [0.25, 0.3) is 0 Å². The molecule has 0 spiro atoms. The molecule has 1 fully saturated rings. The minimum absolute atomic E-state index is 0.459. The molecule has 1 nitrogen and oxygen atoms in total. The zero-order valence-electron chi connectivity index (χ0n) is 11.6. The van der Waals surface area contributed by atoms with Gasteiger partial charge in [-0.05, 0) is 37.3 Å². The number of rotatable bonds is 5. The summed E-state index contributed by atoms with van der Waals surface area (Å²) in [5.41, 5.74) is 0.540. The van der Waals surface area contributed by atoms with Gasteiger partial charge in [0.1, 0.15) is 11.6 Å². The van der Waals surface area contributed by atoms with E-state index in [0.29, 0.717) is 12.1 Å². The summed E-state index contributed by atoms with van der Waals surface area (Å²) in [6, 6.07) is 3.77. The first-order valence-corrected chi connectivity index (χ1v) is 7.30. The molecule has 0 amide bonds. The molecule has 1 aliphatic carbocycles. The van der Waals surface area contributed by atoms with Gasteiger partial charge in [-0.25, -0.2) is 8.78 Å². The van der Waals surface area contributed by atoms with Crippen molar-refractivity contribution in [3.63, 3.8) is 0 Å². The van der Waals surface area contributed by atoms with Crippen molar-refractivity contribution in [2.75, 3.05) is 6.54 Å². The molecular weight excluding hydrogens is 244 g/mol. The molecule has 0 aliphatic heterocycles. The Hall–Kier alpha value is -0.960. The van der Waals surface area contributed by atoms with Gasteiger partial charge in [0.2, 0.25) is 0 Å². The fourth-order valence-electron chi connectivity index (χ4n) is 3.02. The number of nitrogens with one attached hydrogen (secondary N) is 1. The molecule has 1 aromatic rings. The number of benzene rings is 1. The summed E-state index contributed by atoms with van der Waals surface area (Å²) in [7, 11) is 0. The van der Waals surface area contributed by atoms with Crippen LogP contribution in [0.4, 0.5) is 8.78 Å². The lowest BCUT2D eigenvalue weighted by molar-refractivity contribution is 0.267. The van der Waals surface area contributed by atoms with E-state index < -0.39 is 11.6 Å². The quantitative estimate of drug-likeness (QED) is 0.786. The molecule has 2 unspecified atom stereocenters. The Morgan fingerprint density at radius 3 is 2.84 bits per heavy atom. The van der Waals surface area contributed by atoms with Crippen LogP contribution >= 0.6 is 0 Å². The summed E-state index contributed by atoms with van der Waals surface area (Å²) in [5, 5.41) is 3.26. The molecule has 0 radical (unpaired) electrons. The third kappa shape index (κ3) is 4.57. The van der Waals surface area contributed by atoms with Crippen LogP contribution in [0.1, 0.15) is 44.6 Å². The van der Waals surface area contributed by atoms with E-state index in [2.05, 4.69) is 12.2 Å². The SMILES string of the molecule is CC1CCCC(CCNCc2ccc(F)cc2F)C1. The highest BCUT2D eigenvalue weighted by Gasteiger charge is 2.18. The fraction of sp³-hybridized carbons (Fsp3) is 0.625. The molecule has 1 N–H and O–H groups in total. The Morgan fingerprint density at radius 1 is 1.26 bits per heavy atom. The summed E-state index contributed by atoms with van der Waals surface area (Å²) < 4.78 is 26.2. The van der Waals surface area contributed by atoms with E-state index in [1.807, 2.05) is 0 Å². The Morgan fingerprint density at radius 2 is 2.11 bits per heavy atom. The van der Waals surface area contributed by atoms with Crippen molar-refractivity contribution in [1.82, 2.24) is 5.32 Å². The monoisotopic (exact) mass is 267 g/mol. The van der Waals surface area contributed by atoms with Crippen LogP contribution in [0, 0.1) is 23.5 Å². The highest BCUT2D eigenvalue weighted by molar-refractivity contribution is 5.18. The zero-order chi connectivity index (χ0) is 13.7. The highest BCUT2D eigenvalue weighted by atomic mass is 19.1. The Bertz CT molecular complexity index is 406. The van der Waals surface area contributed by atoms with E-state index >= 15 is 0 Å². The van der Waals surface area contributed by atoms with Crippen molar-refractivity contribution < 1.29 is 8.78 Å². The molecule has 1 aromatic carbocycles. The summed E-state index contributed by atoms with van der Waals surface area (Å²) in [6.07, 6.45) is 6.53. The highest BCUT2D eigenvalue weighted by Crippen LogP contribution is 2.30. The average Bonchev–Trinajstić information content (AvgIpc) is 2.37. The van der Waals surface area contributed by atoms with Crippen LogP contribution in [-0.2, 0) is 6.54 Å². The second-order valence-electron chi connectivity index (χ2n) is 5.84. The van der Waals surface area contributed by atoms with Gasteiger partial charge in [0.05, 0.1) is 0 Å². The van der Waals surface area contributed by atoms with E-state index in [1.165, 1.54) is 37.8 Å². The minimum Gasteiger partial charge on any atom is -0.313 e. The van der Waals surface area contributed by atoms with E-state index in [1.54, 1.807) is 0 Å². The summed E-state index contributed by atoms with van der Waals surface area (Å²) in [5.74, 6) is 0.693. The van der Waals surface area contributed by atoms with Crippen molar-refractivity contribution >= 4 is 0 Å². The smallest absolute Gasteiger partial charge is 0.130 e. The van der Waals surface area contributed by atoms with Gasteiger partial charge >= 0.3 is 0 Å². The normalized spacial score (nSPS) is 23.5. The Balaban J connectivity index is 1.69. The number of hydrogen-bond acceptors (Lipinski definition) is 1. The van der Waals surface area contributed by atoms with E-state index in [-0.39, 0.29) is 0 Å². The van der Waals surface area contributed by atoms with Crippen LogP contribution < -0.4 is 5.32 Å².